The van der Waals surface area contributed by atoms with Crippen molar-refractivity contribution in [3.05, 3.63) is 62.9 Å². The van der Waals surface area contributed by atoms with Crippen molar-refractivity contribution in [2.24, 2.45) is 4.99 Å². The number of nitro benzene ring substituents is 1. The van der Waals surface area contributed by atoms with Crippen LogP contribution in [0.5, 0.6) is 5.75 Å². The number of carbonyl (C=O) groups excluding carboxylic acids is 1. The van der Waals surface area contributed by atoms with Crippen LogP contribution in [0, 0.1) is 10.1 Å². The van der Waals surface area contributed by atoms with E-state index < -0.39 is 10.8 Å². The number of nitro groups is 1. The molecule has 3 rings (SSSR count). The van der Waals surface area contributed by atoms with Gasteiger partial charge in [0.05, 0.1) is 22.8 Å². The van der Waals surface area contributed by atoms with Crippen LogP contribution in [0.1, 0.15) is 17.3 Å². The summed E-state index contributed by atoms with van der Waals surface area (Å²) in [4.78, 5) is 27.8. The van der Waals surface area contributed by atoms with Crippen molar-refractivity contribution >= 4 is 33.1 Å². The van der Waals surface area contributed by atoms with E-state index >= 15 is 0 Å². The van der Waals surface area contributed by atoms with Crippen molar-refractivity contribution in [3.63, 3.8) is 0 Å². The number of non-ortho nitro benzene ring substituents is 1. The molecule has 0 spiro atoms. The van der Waals surface area contributed by atoms with Crippen LogP contribution >= 0.6 is 11.3 Å². The third-order valence-electron chi connectivity index (χ3n) is 3.98. The van der Waals surface area contributed by atoms with E-state index in [0.29, 0.717) is 30.3 Å². The smallest absolute Gasteiger partial charge is 0.279 e. The fourth-order valence-electron chi connectivity index (χ4n) is 2.75. The van der Waals surface area contributed by atoms with E-state index in [2.05, 4.69) is 4.99 Å². The van der Waals surface area contributed by atoms with Crippen molar-refractivity contribution in [3.8, 4) is 5.75 Å². The Kier molecular flexibility index (Phi) is 6.17. The van der Waals surface area contributed by atoms with Crippen LogP contribution in [0.2, 0.25) is 0 Å². The standard InChI is InChI=1S/C19H19N3O5S/c1-3-27-15-8-5-9-16-17(15)21(10-11-26-2)19(28-16)20-18(23)13-6-4-7-14(12-13)22(24)25/h4-9,12H,3,10-11H2,1-2H3. The first-order valence-electron chi connectivity index (χ1n) is 8.62. The zero-order valence-corrected chi connectivity index (χ0v) is 16.3. The van der Waals surface area contributed by atoms with Crippen molar-refractivity contribution in [1.82, 2.24) is 4.57 Å². The van der Waals surface area contributed by atoms with Gasteiger partial charge in [0.15, 0.2) is 4.80 Å². The van der Waals surface area contributed by atoms with E-state index in [4.69, 9.17) is 9.47 Å². The third kappa shape index (κ3) is 4.10. The number of hydrogen-bond acceptors (Lipinski definition) is 6. The minimum Gasteiger partial charge on any atom is -0.492 e. The van der Waals surface area contributed by atoms with Crippen LogP contribution in [0.4, 0.5) is 5.69 Å². The topological polar surface area (TPSA) is 96.0 Å². The summed E-state index contributed by atoms with van der Waals surface area (Å²) >= 11 is 1.35. The molecule has 0 aliphatic carbocycles. The Labute approximate surface area is 164 Å². The molecule has 3 aromatic rings. The maximum absolute atomic E-state index is 12.6. The molecule has 0 saturated heterocycles. The molecule has 0 unspecified atom stereocenters. The summed E-state index contributed by atoms with van der Waals surface area (Å²) in [5, 5.41) is 11.0. The van der Waals surface area contributed by atoms with Gasteiger partial charge in [-0.3, -0.25) is 14.9 Å². The van der Waals surface area contributed by atoms with Gasteiger partial charge >= 0.3 is 0 Å². The van der Waals surface area contributed by atoms with Gasteiger partial charge in [-0.1, -0.05) is 23.5 Å². The molecule has 2 aromatic carbocycles. The number of carbonyl (C=O) groups is 1. The Bertz CT molecular complexity index is 1090. The van der Waals surface area contributed by atoms with E-state index in [1.54, 1.807) is 7.11 Å². The van der Waals surface area contributed by atoms with E-state index in [1.807, 2.05) is 29.7 Å². The number of ether oxygens (including phenoxy) is 2. The van der Waals surface area contributed by atoms with Crippen molar-refractivity contribution in [1.29, 1.82) is 0 Å². The number of nitrogens with zero attached hydrogens (tertiary/aromatic N) is 3. The monoisotopic (exact) mass is 401 g/mol. The molecule has 0 atom stereocenters. The number of thiazole rings is 1. The van der Waals surface area contributed by atoms with Crippen LogP contribution in [-0.4, -0.2) is 35.7 Å². The van der Waals surface area contributed by atoms with Gasteiger partial charge < -0.3 is 14.0 Å². The summed E-state index contributed by atoms with van der Waals surface area (Å²) in [6.45, 7) is 3.34. The number of benzene rings is 2. The first-order valence-corrected chi connectivity index (χ1v) is 9.44. The molecule has 1 aromatic heterocycles. The summed E-state index contributed by atoms with van der Waals surface area (Å²) in [5.41, 5.74) is 0.857. The highest BCUT2D eigenvalue weighted by atomic mass is 32.1. The van der Waals surface area contributed by atoms with Crippen LogP contribution in [0.15, 0.2) is 47.5 Å². The first kappa shape index (κ1) is 19.7. The van der Waals surface area contributed by atoms with Gasteiger partial charge in [0.1, 0.15) is 11.3 Å². The molecule has 0 radical (unpaired) electrons. The first-order chi connectivity index (χ1) is 13.5. The number of rotatable bonds is 7. The Morgan fingerprint density at radius 2 is 2.07 bits per heavy atom. The lowest BCUT2D eigenvalue weighted by Gasteiger charge is -2.09. The number of aromatic nitrogens is 1. The number of methoxy groups -OCH3 is 1. The molecule has 28 heavy (non-hydrogen) atoms. The largest absolute Gasteiger partial charge is 0.492 e. The fourth-order valence-corrected chi connectivity index (χ4v) is 3.82. The van der Waals surface area contributed by atoms with Crippen LogP contribution < -0.4 is 9.54 Å². The number of fused-ring (bicyclic) bond motifs is 1. The van der Waals surface area contributed by atoms with Crippen molar-refractivity contribution in [2.45, 2.75) is 13.5 Å². The van der Waals surface area contributed by atoms with Crippen molar-refractivity contribution in [2.75, 3.05) is 20.3 Å². The van der Waals surface area contributed by atoms with E-state index in [-0.39, 0.29) is 11.3 Å². The van der Waals surface area contributed by atoms with Gasteiger partial charge in [-0.25, -0.2) is 0 Å². The highest BCUT2D eigenvalue weighted by molar-refractivity contribution is 7.16. The van der Waals surface area contributed by atoms with E-state index in [0.717, 1.165) is 10.2 Å². The predicted molar refractivity (Wildman–Crippen MR) is 106 cm³/mol. The van der Waals surface area contributed by atoms with Gasteiger partial charge in [0.2, 0.25) is 0 Å². The zero-order chi connectivity index (χ0) is 20.1. The summed E-state index contributed by atoms with van der Waals surface area (Å²) in [5.74, 6) is 0.163. The maximum Gasteiger partial charge on any atom is 0.279 e. The minimum atomic E-state index is -0.542. The highest BCUT2D eigenvalue weighted by Gasteiger charge is 2.15. The normalized spacial score (nSPS) is 11.7. The Morgan fingerprint density at radius 3 is 2.79 bits per heavy atom. The van der Waals surface area contributed by atoms with Gasteiger partial charge in [0, 0.05) is 31.4 Å². The Morgan fingerprint density at radius 1 is 1.29 bits per heavy atom. The van der Waals surface area contributed by atoms with Crippen LogP contribution in [-0.2, 0) is 11.3 Å². The quantitative estimate of drug-likeness (QED) is 0.447. The predicted octanol–water partition coefficient (Wildman–Crippen LogP) is 3.40. The average Bonchev–Trinajstić information content (AvgIpc) is 3.04. The van der Waals surface area contributed by atoms with E-state index in [1.165, 1.54) is 35.6 Å². The fraction of sp³-hybridized carbons (Fsp3) is 0.263. The number of hydrogen-bond donors (Lipinski definition) is 0. The SMILES string of the molecule is CCOc1cccc2sc(=NC(=O)c3cccc([N+](=O)[O-])c3)n(CCOC)c12. The molecule has 0 N–H and O–H groups in total. The molecule has 0 saturated carbocycles. The number of para-hydroxylation sites is 1. The lowest BCUT2D eigenvalue weighted by atomic mass is 10.2. The maximum atomic E-state index is 12.6. The molecule has 146 valence electrons. The molecule has 0 aliphatic heterocycles. The molecule has 0 fully saturated rings. The lowest BCUT2D eigenvalue weighted by molar-refractivity contribution is -0.384. The van der Waals surface area contributed by atoms with Gasteiger partial charge in [-0.05, 0) is 25.1 Å². The van der Waals surface area contributed by atoms with Gasteiger partial charge in [0.25, 0.3) is 11.6 Å². The number of amides is 1. The Hall–Kier alpha value is -3.04. The molecular weight excluding hydrogens is 382 g/mol. The summed E-state index contributed by atoms with van der Waals surface area (Å²) in [6, 6.07) is 11.2. The summed E-state index contributed by atoms with van der Waals surface area (Å²) in [7, 11) is 1.60. The molecule has 0 bridgehead atoms. The second-order valence-corrected chi connectivity index (χ2v) is 6.80. The molecular formula is C19H19N3O5S. The minimum absolute atomic E-state index is 0.150. The van der Waals surface area contributed by atoms with Gasteiger partial charge in [-0.2, -0.15) is 4.99 Å². The second-order valence-electron chi connectivity index (χ2n) is 5.79. The molecule has 9 heteroatoms. The van der Waals surface area contributed by atoms with Crippen LogP contribution in [0.25, 0.3) is 10.2 Å². The average molecular weight is 401 g/mol. The second kappa shape index (κ2) is 8.77. The molecule has 8 nitrogen and oxygen atoms in total. The highest BCUT2D eigenvalue weighted by Crippen LogP contribution is 2.27. The third-order valence-corrected chi connectivity index (χ3v) is 5.03. The molecule has 0 aliphatic rings. The van der Waals surface area contributed by atoms with E-state index in [9.17, 15) is 14.9 Å². The Balaban J connectivity index is 2.13. The van der Waals surface area contributed by atoms with Crippen molar-refractivity contribution < 1.29 is 19.2 Å². The molecule has 1 heterocycles. The summed E-state index contributed by atoms with van der Waals surface area (Å²) in [6.07, 6.45) is 0. The zero-order valence-electron chi connectivity index (χ0n) is 15.5. The lowest BCUT2D eigenvalue weighted by Crippen LogP contribution is -2.19. The van der Waals surface area contributed by atoms with Crippen LogP contribution in [0.3, 0.4) is 0 Å². The van der Waals surface area contributed by atoms with Gasteiger partial charge in [-0.15, -0.1) is 0 Å². The summed E-state index contributed by atoms with van der Waals surface area (Å²) < 4.78 is 13.7. The molecule has 1 amide bonds.